The summed E-state index contributed by atoms with van der Waals surface area (Å²) in [5.74, 6) is 0.215. The largest absolute Gasteiger partial charge is 0.492 e. The molecule has 1 aliphatic heterocycles. The maximum Gasteiger partial charge on any atom is 0.416 e. The Balaban J connectivity index is 1.75. The van der Waals surface area contributed by atoms with Crippen molar-refractivity contribution in [1.29, 1.82) is 0 Å². The number of allylic oxidation sites excluding steroid dienone is 1. The van der Waals surface area contributed by atoms with Crippen LogP contribution in [0.3, 0.4) is 0 Å². The number of aromatic nitrogens is 2. The number of carbonyl (C=O) groups excluding carboxylic acids is 1. The summed E-state index contributed by atoms with van der Waals surface area (Å²) in [4.78, 5) is 35.0. The molecular formula is C33H31ClF3N3O3S. The van der Waals surface area contributed by atoms with Crippen molar-refractivity contribution in [3.8, 4) is 33.3 Å². The Morgan fingerprint density at radius 3 is 2.41 bits per heavy atom. The monoisotopic (exact) mass is 641 g/mol. The molecule has 1 amide bonds. The molecule has 0 aliphatic carbocycles. The minimum absolute atomic E-state index is 0.182. The van der Waals surface area contributed by atoms with Gasteiger partial charge in [0.2, 0.25) is 0 Å². The second-order valence-electron chi connectivity index (χ2n) is 10.7. The van der Waals surface area contributed by atoms with Gasteiger partial charge in [-0.1, -0.05) is 29.3 Å². The molecule has 3 heterocycles. The van der Waals surface area contributed by atoms with E-state index in [9.17, 15) is 22.8 Å². The quantitative estimate of drug-likeness (QED) is 0.202. The van der Waals surface area contributed by atoms with Gasteiger partial charge < -0.3 is 9.64 Å². The maximum absolute atomic E-state index is 14.4. The van der Waals surface area contributed by atoms with Crippen LogP contribution in [0.4, 0.5) is 13.2 Å². The molecule has 2 aromatic carbocycles. The Labute approximate surface area is 262 Å². The zero-order valence-electron chi connectivity index (χ0n) is 24.5. The second kappa shape index (κ2) is 13.0. The number of carbonyl (C=O) groups is 1. The third kappa shape index (κ3) is 6.61. The fraction of sp³-hybridized carbons (Fsp3) is 0.303. The van der Waals surface area contributed by atoms with Crippen molar-refractivity contribution in [1.82, 2.24) is 14.5 Å². The summed E-state index contributed by atoms with van der Waals surface area (Å²) >= 11 is 7.60. The molecule has 0 unspecified atom stereocenters. The van der Waals surface area contributed by atoms with E-state index >= 15 is 0 Å². The number of hydrogen-bond donors (Lipinski definition) is 0. The summed E-state index contributed by atoms with van der Waals surface area (Å²) in [6.07, 6.45) is 0.168. The SMILES string of the molecule is CCOc1ccc(Cl)cc1-n1c(C=C(C)C)c(C(=O)N2CCCCC2)cc(-c2nc(-c3ccc(C(F)(F)F)cc3)cs2)c1=O. The highest BCUT2D eigenvalue weighted by molar-refractivity contribution is 7.13. The van der Waals surface area contributed by atoms with Crippen molar-refractivity contribution in [3.63, 3.8) is 0 Å². The van der Waals surface area contributed by atoms with E-state index in [2.05, 4.69) is 4.98 Å². The van der Waals surface area contributed by atoms with Gasteiger partial charge in [-0.05, 0) is 82.5 Å². The molecule has 230 valence electrons. The Morgan fingerprint density at radius 1 is 1.07 bits per heavy atom. The zero-order valence-corrected chi connectivity index (χ0v) is 26.1. The Bertz CT molecular complexity index is 1770. The van der Waals surface area contributed by atoms with Gasteiger partial charge in [-0.25, -0.2) is 4.98 Å². The van der Waals surface area contributed by atoms with E-state index in [1.54, 1.807) is 40.6 Å². The molecule has 0 atom stereocenters. The van der Waals surface area contributed by atoms with Crippen LogP contribution >= 0.6 is 22.9 Å². The van der Waals surface area contributed by atoms with E-state index in [4.69, 9.17) is 16.3 Å². The van der Waals surface area contributed by atoms with Gasteiger partial charge in [0.1, 0.15) is 10.8 Å². The van der Waals surface area contributed by atoms with Crippen LogP contribution in [0, 0.1) is 0 Å². The van der Waals surface area contributed by atoms with Crippen molar-refractivity contribution >= 4 is 34.9 Å². The van der Waals surface area contributed by atoms with Crippen LogP contribution in [0.5, 0.6) is 5.75 Å². The normalized spacial score (nSPS) is 13.6. The van der Waals surface area contributed by atoms with Gasteiger partial charge in [-0.2, -0.15) is 13.2 Å². The van der Waals surface area contributed by atoms with Crippen LogP contribution in [0.15, 0.2) is 64.3 Å². The van der Waals surface area contributed by atoms with Crippen LogP contribution in [-0.4, -0.2) is 40.1 Å². The number of amides is 1. The first-order valence-corrected chi connectivity index (χ1v) is 15.5. The molecule has 0 saturated carbocycles. The van der Waals surface area contributed by atoms with Crippen molar-refractivity contribution in [2.24, 2.45) is 0 Å². The minimum Gasteiger partial charge on any atom is -0.492 e. The molecule has 4 aromatic rings. The molecule has 1 fully saturated rings. The van der Waals surface area contributed by atoms with E-state index in [0.29, 0.717) is 63.7 Å². The van der Waals surface area contributed by atoms with Gasteiger partial charge in [-0.15, -0.1) is 11.3 Å². The molecule has 0 bridgehead atoms. The van der Waals surface area contributed by atoms with Gasteiger partial charge in [-0.3, -0.25) is 14.2 Å². The summed E-state index contributed by atoms with van der Waals surface area (Å²) in [6.45, 7) is 7.16. The van der Waals surface area contributed by atoms with E-state index in [-0.39, 0.29) is 11.5 Å². The van der Waals surface area contributed by atoms with E-state index < -0.39 is 17.3 Å². The number of alkyl halides is 3. The molecule has 0 spiro atoms. The first kappa shape index (κ1) is 31.5. The van der Waals surface area contributed by atoms with Gasteiger partial charge in [0.25, 0.3) is 11.5 Å². The molecule has 5 rings (SSSR count). The fourth-order valence-electron chi connectivity index (χ4n) is 5.18. The molecule has 44 heavy (non-hydrogen) atoms. The number of likely N-dealkylation sites (tertiary alicyclic amines) is 1. The number of hydrogen-bond acceptors (Lipinski definition) is 5. The smallest absolute Gasteiger partial charge is 0.416 e. The predicted octanol–water partition coefficient (Wildman–Crippen LogP) is 8.75. The molecule has 1 aliphatic rings. The minimum atomic E-state index is -4.46. The zero-order chi connectivity index (χ0) is 31.6. The van der Waals surface area contributed by atoms with Crippen LogP contribution in [0.2, 0.25) is 5.02 Å². The van der Waals surface area contributed by atoms with Crippen molar-refractivity contribution in [3.05, 3.63) is 91.7 Å². The van der Waals surface area contributed by atoms with Crippen LogP contribution in [0.25, 0.3) is 33.6 Å². The van der Waals surface area contributed by atoms with Crippen LogP contribution in [-0.2, 0) is 6.18 Å². The number of nitrogens with zero attached hydrogens (tertiary/aromatic N) is 3. The molecule has 2 aromatic heterocycles. The van der Waals surface area contributed by atoms with Gasteiger partial charge in [0.05, 0.1) is 40.4 Å². The standard InChI is InChI=1S/C33H31ClF3N3O3S/c1-4-43-29-13-12-23(34)17-28(29)40-27(16-20(2)3)24(31(41)39-14-6-5-7-15-39)18-25(32(40)42)30-38-26(19-44-30)21-8-10-22(11-9-21)33(35,36)37/h8-13,16-19H,4-7,14-15H2,1-3H3. The number of rotatable bonds is 7. The average molecular weight is 642 g/mol. The third-order valence-corrected chi connectivity index (χ3v) is 8.35. The molecule has 0 N–H and O–H groups in total. The lowest BCUT2D eigenvalue weighted by Gasteiger charge is -2.28. The number of pyridine rings is 1. The van der Waals surface area contributed by atoms with Crippen LogP contribution in [0.1, 0.15) is 61.6 Å². The maximum atomic E-state index is 14.4. The topological polar surface area (TPSA) is 64.4 Å². The predicted molar refractivity (Wildman–Crippen MR) is 169 cm³/mol. The lowest BCUT2D eigenvalue weighted by atomic mass is 10.0. The summed E-state index contributed by atoms with van der Waals surface area (Å²) in [5.41, 5.74) is 1.85. The first-order valence-electron chi connectivity index (χ1n) is 14.3. The Kier molecular flexibility index (Phi) is 9.31. The average Bonchev–Trinajstić information content (AvgIpc) is 3.48. The highest BCUT2D eigenvalue weighted by Gasteiger charge is 2.30. The second-order valence-corrected chi connectivity index (χ2v) is 12.0. The number of piperidine rings is 1. The Hall–Kier alpha value is -3.89. The lowest BCUT2D eigenvalue weighted by molar-refractivity contribution is -0.137. The van der Waals surface area contributed by atoms with Gasteiger partial charge in [0.15, 0.2) is 0 Å². The molecule has 6 nitrogen and oxygen atoms in total. The van der Waals surface area contributed by atoms with Crippen molar-refractivity contribution in [2.75, 3.05) is 19.7 Å². The molecule has 0 radical (unpaired) electrons. The highest BCUT2D eigenvalue weighted by Crippen LogP contribution is 2.35. The summed E-state index contributed by atoms with van der Waals surface area (Å²) in [7, 11) is 0. The van der Waals surface area contributed by atoms with E-state index in [1.165, 1.54) is 28.0 Å². The fourth-order valence-corrected chi connectivity index (χ4v) is 6.18. The summed E-state index contributed by atoms with van der Waals surface area (Å²) < 4.78 is 46.7. The van der Waals surface area contributed by atoms with Crippen LogP contribution < -0.4 is 10.3 Å². The number of benzene rings is 2. The van der Waals surface area contributed by atoms with Gasteiger partial charge in [0, 0.05) is 29.1 Å². The van der Waals surface area contributed by atoms with Crippen molar-refractivity contribution < 1.29 is 22.7 Å². The Morgan fingerprint density at radius 2 is 1.77 bits per heavy atom. The lowest BCUT2D eigenvalue weighted by Crippen LogP contribution is -2.37. The van der Waals surface area contributed by atoms with E-state index in [1.807, 2.05) is 20.8 Å². The molecular weight excluding hydrogens is 611 g/mol. The summed E-state index contributed by atoms with van der Waals surface area (Å²) in [5, 5.41) is 2.39. The number of thiazole rings is 1. The number of halogens is 4. The van der Waals surface area contributed by atoms with Gasteiger partial charge >= 0.3 is 6.18 Å². The third-order valence-electron chi connectivity index (χ3n) is 7.24. The molecule has 11 heteroatoms. The van der Waals surface area contributed by atoms with Crippen molar-refractivity contribution in [2.45, 2.75) is 46.2 Å². The molecule has 1 saturated heterocycles. The van der Waals surface area contributed by atoms with E-state index in [0.717, 1.165) is 37.0 Å². The number of ether oxygens (including phenoxy) is 1. The first-order chi connectivity index (χ1) is 21.0. The highest BCUT2D eigenvalue weighted by atomic mass is 35.5. The summed E-state index contributed by atoms with van der Waals surface area (Å²) in [6, 6.07) is 11.3.